The van der Waals surface area contributed by atoms with Gasteiger partial charge in [0.05, 0.1) is 5.69 Å². The number of nitrogens with zero attached hydrogens (tertiary/aromatic N) is 2. The quantitative estimate of drug-likeness (QED) is 0.519. The Kier molecular flexibility index (Phi) is 5.68. The van der Waals surface area contributed by atoms with Crippen LogP contribution in [0.3, 0.4) is 0 Å². The van der Waals surface area contributed by atoms with Gasteiger partial charge in [0.15, 0.2) is 11.8 Å². The molecule has 0 spiro atoms. The van der Waals surface area contributed by atoms with E-state index in [4.69, 9.17) is 16.3 Å². The molecule has 3 aromatic rings. The van der Waals surface area contributed by atoms with Crippen LogP contribution in [0.4, 0.5) is 4.39 Å². The number of carbonyl (C=O) groups excluding carboxylic acids is 2. The van der Waals surface area contributed by atoms with E-state index in [2.05, 4.69) is 15.8 Å². The van der Waals surface area contributed by atoms with Gasteiger partial charge in [-0.3, -0.25) is 24.8 Å². The predicted molar refractivity (Wildman–Crippen MR) is 97.4 cm³/mol. The highest BCUT2D eigenvalue weighted by atomic mass is 35.5. The summed E-state index contributed by atoms with van der Waals surface area (Å²) in [4.78, 5) is 27.7. The van der Waals surface area contributed by atoms with Gasteiger partial charge in [-0.05, 0) is 42.5 Å². The van der Waals surface area contributed by atoms with Crippen LogP contribution in [0.2, 0.25) is 5.15 Å². The molecule has 0 saturated heterocycles. The molecule has 7 nitrogen and oxygen atoms in total. The lowest BCUT2D eigenvalue weighted by atomic mass is 10.3. The molecule has 0 saturated carbocycles. The molecular weight excluding hydrogens is 375 g/mol. The van der Waals surface area contributed by atoms with Gasteiger partial charge in [-0.25, -0.2) is 9.37 Å². The van der Waals surface area contributed by atoms with Crippen molar-refractivity contribution >= 4 is 35.1 Å². The molecule has 3 rings (SSSR count). The highest BCUT2D eigenvalue weighted by Gasteiger charge is 2.08. The van der Waals surface area contributed by atoms with Crippen LogP contribution in [-0.2, 0) is 9.59 Å². The van der Waals surface area contributed by atoms with Crippen LogP contribution in [0.15, 0.2) is 54.7 Å². The predicted octanol–water partition coefficient (Wildman–Crippen LogP) is 2.37. The Bertz CT molecular complexity index is 1000. The van der Waals surface area contributed by atoms with Gasteiger partial charge in [-0.15, -0.1) is 0 Å². The fourth-order valence-electron chi connectivity index (χ4n) is 2.18. The Morgan fingerprint density at radius 2 is 1.96 bits per heavy atom. The number of hydrogen-bond acceptors (Lipinski definition) is 4. The fourth-order valence-corrected chi connectivity index (χ4v) is 2.42. The number of aromatic nitrogens is 2. The number of pyridine rings is 1. The lowest BCUT2D eigenvalue weighted by Crippen LogP contribution is -2.43. The number of benzene rings is 1. The molecule has 2 heterocycles. The van der Waals surface area contributed by atoms with Crippen molar-refractivity contribution in [3.8, 4) is 5.75 Å². The van der Waals surface area contributed by atoms with Crippen molar-refractivity contribution in [2.24, 2.45) is 0 Å². The van der Waals surface area contributed by atoms with E-state index in [1.165, 1.54) is 36.4 Å². The van der Waals surface area contributed by atoms with Crippen LogP contribution in [0.5, 0.6) is 5.75 Å². The molecule has 0 bridgehead atoms. The Balaban J connectivity index is 1.50. The van der Waals surface area contributed by atoms with Crippen molar-refractivity contribution in [1.82, 2.24) is 20.2 Å². The van der Waals surface area contributed by atoms with E-state index in [0.717, 1.165) is 0 Å². The van der Waals surface area contributed by atoms with Crippen molar-refractivity contribution in [3.63, 3.8) is 0 Å². The third-order valence-corrected chi connectivity index (χ3v) is 3.70. The molecule has 2 aromatic heterocycles. The number of fused-ring (bicyclic) bond motifs is 1. The van der Waals surface area contributed by atoms with Crippen molar-refractivity contribution in [2.75, 3.05) is 6.61 Å². The van der Waals surface area contributed by atoms with Crippen LogP contribution in [0.25, 0.3) is 11.7 Å². The topological polar surface area (TPSA) is 84.7 Å². The average molecular weight is 389 g/mol. The lowest BCUT2D eigenvalue weighted by Gasteiger charge is -2.07. The van der Waals surface area contributed by atoms with Crippen LogP contribution in [-0.4, -0.2) is 27.8 Å². The maximum absolute atomic E-state index is 12.8. The summed E-state index contributed by atoms with van der Waals surface area (Å²) in [5.41, 5.74) is 5.60. The highest BCUT2D eigenvalue weighted by molar-refractivity contribution is 6.31. The number of carbonyl (C=O) groups is 2. The second-order valence-electron chi connectivity index (χ2n) is 5.33. The number of rotatable bonds is 5. The van der Waals surface area contributed by atoms with Crippen LogP contribution < -0.4 is 15.6 Å². The Morgan fingerprint density at radius 3 is 2.74 bits per heavy atom. The minimum absolute atomic E-state index is 0.252. The third-order valence-electron chi connectivity index (χ3n) is 3.42. The van der Waals surface area contributed by atoms with Crippen molar-refractivity contribution in [2.45, 2.75) is 0 Å². The summed E-state index contributed by atoms with van der Waals surface area (Å²) in [5, 5.41) is 0.252. The van der Waals surface area contributed by atoms with Gasteiger partial charge in [0.2, 0.25) is 0 Å². The molecule has 0 radical (unpaired) electrons. The number of halogens is 2. The molecule has 0 aliphatic rings. The Hall–Kier alpha value is -3.39. The maximum Gasteiger partial charge on any atom is 0.276 e. The first kappa shape index (κ1) is 18.4. The average Bonchev–Trinajstić information content (AvgIpc) is 2.99. The molecule has 0 unspecified atom stereocenters. The van der Waals surface area contributed by atoms with Gasteiger partial charge in [-0.2, -0.15) is 0 Å². The zero-order valence-electron chi connectivity index (χ0n) is 13.9. The summed E-state index contributed by atoms with van der Waals surface area (Å²) >= 11 is 6.06. The molecule has 138 valence electrons. The SMILES string of the molecule is O=C(/C=C/c1c(Cl)nc2ccccn12)NNC(=O)COc1ccc(F)cc1. The van der Waals surface area contributed by atoms with Gasteiger partial charge in [0.1, 0.15) is 17.2 Å². The number of hydrazine groups is 1. The second kappa shape index (κ2) is 8.33. The molecule has 0 aliphatic heterocycles. The molecule has 0 atom stereocenters. The van der Waals surface area contributed by atoms with E-state index in [0.29, 0.717) is 17.1 Å². The molecule has 1 aromatic carbocycles. The Morgan fingerprint density at radius 1 is 1.19 bits per heavy atom. The summed E-state index contributed by atoms with van der Waals surface area (Å²) in [6, 6.07) is 10.6. The number of nitrogens with one attached hydrogen (secondary N) is 2. The molecule has 0 aliphatic carbocycles. The smallest absolute Gasteiger partial charge is 0.276 e. The van der Waals surface area contributed by atoms with E-state index < -0.39 is 17.6 Å². The normalized spacial score (nSPS) is 10.9. The zero-order chi connectivity index (χ0) is 19.2. The highest BCUT2D eigenvalue weighted by Crippen LogP contribution is 2.18. The van der Waals surface area contributed by atoms with Crippen LogP contribution >= 0.6 is 11.6 Å². The second-order valence-corrected chi connectivity index (χ2v) is 5.69. The van der Waals surface area contributed by atoms with E-state index in [1.807, 2.05) is 12.1 Å². The monoisotopic (exact) mass is 388 g/mol. The van der Waals surface area contributed by atoms with Gasteiger partial charge in [0, 0.05) is 12.3 Å². The Labute approximate surface area is 158 Å². The number of ether oxygens (including phenoxy) is 1. The first-order chi connectivity index (χ1) is 13.0. The van der Waals surface area contributed by atoms with Crippen molar-refractivity contribution in [3.05, 3.63) is 71.4 Å². The largest absolute Gasteiger partial charge is 0.484 e. The standard InChI is InChI=1S/C18H14ClFN4O3/c19-18-14(24-10-2-1-3-15(24)21-18)8-9-16(25)22-23-17(26)11-27-13-6-4-12(20)5-7-13/h1-10H,11H2,(H,22,25)(H,23,26)/b9-8+. The van der Waals surface area contributed by atoms with Gasteiger partial charge in [0.25, 0.3) is 11.8 Å². The van der Waals surface area contributed by atoms with Crippen molar-refractivity contribution < 1.29 is 18.7 Å². The first-order valence-electron chi connectivity index (χ1n) is 7.81. The van der Waals surface area contributed by atoms with Gasteiger partial charge < -0.3 is 4.74 Å². The minimum atomic E-state index is -0.575. The molecule has 0 fully saturated rings. The minimum Gasteiger partial charge on any atom is -0.484 e. The molecule has 9 heteroatoms. The molecule has 2 N–H and O–H groups in total. The zero-order valence-corrected chi connectivity index (χ0v) is 14.6. The van der Waals surface area contributed by atoms with E-state index in [1.54, 1.807) is 16.7 Å². The summed E-state index contributed by atoms with van der Waals surface area (Å²) < 4.78 is 19.7. The molecular formula is C18H14ClFN4O3. The number of imidazole rings is 1. The molecule has 27 heavy (non-hydrogen) atoms. The first-order valence-corrected chi connectivity index (χ1v) is 8.18. The van der Waals surface area contributed by atoms with Gasteiger partial charge in [-0.1, -0.05) is 17.7 Å². The van der Waals surface area contributed by atoms with E-state index in [-0.39, 0.29) is 11.8 Å². The van der Waals surface area contributed by atoms with Crippen LogP contribution in [0, 0.1) is 5.82 Å². The third kappa shape index (κ3) is 4.83. The lowest BCUT2D eigenvalue weighted by molar-refractivity contribution is -0.128. The fraction of sp³-hybridized carbons (Fsp3) is 0.0556. The summed E-state index contributed by atoms with van der Waals surface area (Å²) in [7, 11) is 0. The summed E-state index contributed by atoms with van der Waals surface area (Å²) in [5.74, 6) is -1.21. The number of amides is 2. The van der Waals surface area contributed by atoms with E-state index in [9.17, 15) is 14.0 Å². The van der Waals surface area contributed by atoms with Crippen molar-refractivity contribution in [1.29, 1.82) is 0 Å². The van der Waals surface area contributed by atoms with E-state index >= 15 is 0 Å². The summed E-state index contributed by atoms with van der Waals surface area (Å²) in [6.07, 6.45) is 4.46. The van der Waals surface area contributed by atoms with Crippen LogP contribution in [0.1, 0.15) is 5.69 Å². The molecule has 2 amide bonds. The summed E-state index contributed by atoms with van der Waals surface area (Å²) in [6.45, 7) is -0.339. The van der Waals surface area contributed by atoms with Gasteiger partial charge >= 0.3 is 0 Å². The number of hydrogen-bond donors (Lipinski definition) is 2. The maximum atomic E-state index is 12.8.